The number of nitro benzene ring substituents is 1. The maximum atomic E-state index is 11.5. The number of carboxylic acid groups (broad SMARTS) is 1. The van der Waals surface area contributed by atoms with Gasteiger partial charge in [-0.2, -0.15) is 0 Å². The molecule has 0 aliphatic rings. The van der Waals surface area contributed by atoms with Crippen molar-refractivity contribution in [2.45, 2.75) is 17.1 Å². The number of carbonyl (C=O) groups excluding carboxylic acids is 1. The van der Waals surface area contributed by atoms with E-state index in [4.69, 9.17) is 5.11 Å². The van der Waals surface area contributed by atoms with E-state index in [-0.39, 0.29) is 11.3 Å². The number of aliphatic carboxylic acids is 1. The number of hydrogen-bond acceptors (Lipinski definition) is 5. The fraction of sp³-hybridized carbons (Fsp3) is 0.125. The lowest BCUT2D eigenvalue weighted by Gasteiger charge is -2.08. The zero-order valence-corrected chi connectivity index (χ0v) is 12.8. The van der Waals surface area contributed by atoms with E-state index < -0.39 is 23.1 Å². The zero-order valence-electron chi connectivity index (χ0n) is 12.0. The monoisotopic (exact) mass is 331 g/mol. The van der Waals surface area contributed by atoms with E-state index in [1.54, 1.807) is 6.07 Å². The van der Waals surface area contributed by atoms with E-state index >= 15 is 0 Å². The molecule has 0 bridgehead atoms. The number of hydrogen-bond donors (Lipinski definition) is 1. The lowest BCUT2D eigenvalue weighted by molar-refractivity contribution is -0.385. The van der Waals surface area contributed by atoms with Gasteiger partial charge in [0.05, 0.1) is 16.9 Å². The minimum absolute atomic E-state index is 0.144. The number of ketones is 1. The molecule has 0 spiro atoms. The predicted octanol–water partition coefficient (Wildman–Crippen LogP) is 3.08. The van der Waals surface area contributed by atoms with Crippen molar-refractivity contribution in [1.29, 1.82) is 0 Å². The summed E-state index contributed by atoms with van der Waals surface area (Å²) < 4.78 is 0. The Balaban J connectivity index is 2.30. The third kappa shape index (κ3) is 4.40. The van der Waals surface area contributed by atoms with Crippen LogP contribution in [-0.2, 0) is 21.8 Å². The quantitative estimate of drug-likeness (QED) is 0.362. The summed E-state index contributed by atoms with van der Waals surface area (Å²) in [4.78, 5) is 33.3. The molecule has 0 radical (unpaired) electrons. The Kier molecular flexibility index (Phi) is 5.48. The molecule has 0 saturated carbocycles. The van der Waals surface area contributed by atoms with Gasteiger partial charge in [-0.15, -0.1) is 11.8 Å². The first-order chi connectivity index (χ1) is 11.0. The highest BCUT2D eigenvalue weighted by Gasteiger charge is 2.23. The molecule has 0 atom stereocenters. The molecule has 0 unspecified atom stereocenters. The molecule has 2 aromatic rings. The molecule has 0 aliphatic heterocycles. The number of nitro groups is 1. The average molecular weight is 331 g/mol. The fourth-order valence-corrected chi connectivity index (χ4v) is 3.05. The van der Waals surface area contributed by atoms with E-state index in [9.17, 15) is 19.7 Å². The van der Waals surface area contributed by atoms with Crippen molar-refractivity contribution in [3.8, 4) is 0 Å². The van der Waals surface area contributed by atoms with Crippen LogP contribution in [0.25, 0.3) is 0 Å². The van der Waals surface area contributed by atoms with E-state index in [1.165, 1.54) is 23.9 Å². The Labute approximate surface area is 136 Å². The Hall–Kier alpha value is -2.67. The molecule has 2 aromatic carbocycles. The summed E-state index contributed by atoms with van der Waals surface area (Å²) in [5.41, 5.74) is 0.933. The number of carbonyl (C=O) groups is 2. The summed E-state index contributed by atoms with van der Waals surface area (Å²) >= 11 is 1.34. The van der Waals surface area contributed by atoms with E-state index in [0.717, 1.165) is 5.56 Å². The molecule has 1 N–H and O–H groups in total. The summed E-state index contributed by atoms with van der Waals surface area (Å²) in [6.07, 6.45) is -0.496. The van der Waals surface area contributed by atoms with Gasteiger partial charge in [0.1, 0.15) is 0 Å². The number of nitrogens with zero attached hydrogens (tertiary/aromatic N) is 1. The second-order valence-electron chi connectivity index (χ2n) is 4.69. The van der Waals surface area contributed by atoms with Gasteiger partial charge >= 0.3 is 5.97 Å². The molecule has 0 aliphatic carbocycles. The van der Waals surface area contributed by atoms with Crippen LogP contribution in [0.5, 0.6) is 0 Å². The smallest absolute Gasteiger partial charge is 0.372 e. The first kappa shape index (κ1) is 16.7. The van der Waals surface area contributed by atoms with E-state index in [1.807, 2.05) is 30.3 Å². The van der Waals surface area contributed by atoms with Crippen LogP contribution in [0.3, 0.4) is 0 Å². The van der Waals surface area contributed by atoms with Gasteiger partial charge in [-0.25, -0.2) is 4.79 Å². The highest BCUT2D eigenvalue weighted by molar-refractivity contribution is 7.98. The Morgan fingerprint density at radius 1 is 1.09 bits per heavy atom. The summed E-state index contributed by atoms with van der Waals surface area (Å²) in [6, 6.07) is 14.0. The number of Topliss-reactive ketones (excluding diaryl/α,β-unsaturated/α-hetero) is 1. The molecule has 2 rings (SSSR count). The molecule has 118 valence electrons. The number of thioether (sulfide) groups is 1. The Bertz CT molecular complexity index is 745. The second-order valence-corrected chi connectivity index (χ2v) is 5.71. The van der Waals surface area contributed by atoms with Crippen molar-refractivity contribution < 1.29 is 19.6 Å². The second kappa shape index (κ2) is 7.55. The molecular weight excluding hydrogens is 318 g/mol. The minimum Gasteiger partial charge on any atom is -0.475 e. The molecule has 0 fully saturated rings. The molecule has 0 heterocycles. The van der Waals surface area contributed by atoms with Gasteiger partial charge in [-0.1, -0.05) is 36.4 Å². The third-order valence-corrected chi connectivity index (χ3v) is 4.29. The average Bonchev–Trinajstić information content (AvgIpc) is 2.54. The van der Waals surface area contributed by atoms with E-state index in [2.05, 4.69) is 0 Å². The molecule has 7 heteroatoms. The largest absolute Gasteiger partial charge is 0.475 e. The van der Waals surface area contributed by atoms with Gasteiger partial charge < -0.3 is 5.11 Å². The van der Waals surface area contributed by atoms with Crippen molar-refractivity contribution in [2.24, 2.45) is 0 Å². The van der Waals surface area contributed by atoms with Crippen molar-refractivity contribution in [3.05, 3.63) is 69.8 Å². The minimum atomic E-state index is -1.60. The van der Waals surface area contributed by atoms with Crippen molar-refractivity contribution >= 4 is 29.2 Å². The van der Waals surface area contributed by atoms with Crippen LogP contribution in [0.1, 0.15) is 11.1 Å². The van der Waals surface area contributed by atoms with Crippen molar-refractivity contribution in [3.63, 3.8) is 0 Å². The highest BCUT2D eigenvalue weighted by Crippen LogP contribution is 2.32. The summed E-state index contributed by atoms with van der Waals surface area (Å²) in [5.74, 6) is -2.10. The molecule has 0 amide bonds. The zero-order chi connectivity index (χ0) is 16.8. The normalized spacial score (nSPS) is 10.3. The number of benzene rings is 2. The van der Waals surface area contributed by atoms with Gasteiger partial charge in [-0.3, -0.25) is 14.9 Å². The predicted molar refractivity (Wildman–Crippen MR) is 85.4 cm³/mol. The Morgan fingerprint density at radius 2 is 1.78 bits per heavy atom. The molecule has 6 nitrogen and oxygen atoms in total. The summed E-state index contributed by atoms with van der Waals surface area (Å²) in [7, 11) is 0. The van der Waals surface area contributed by atoms with Crippen LogP contribution >= 0.6 is 11.8 Å². The Morgan fingerprint density at radius 3 is 2.39 bits per heavy atom. The summed E-state index contributed by atoms with van der Waals surface area (Å²) in [6.45, 7) is 0. The number of carboxylic acids is 1. The third-order valence-electron chi connectivity index (χ3n) is 3.12. The number of rotatable bonds is 7. The van der Waals surface area contributed by atoms with Gasteiger partial charge in [-0.05, 0) is 11.6 Å². The maximum absolute atomic E-state index is 11.5. The van der Waals surface area contributed by atoms with Crippen LogP contribution in [-0.4, -0.2) is 21.8 Å². The van der Waals surface area contributed by atoms with Crippen LogP contribution in [0.4, 0.5) is 5.69 Å². The van der Waals surface area contributed by atoms with Crippen LogP contribution < -0.4 is 0 Å². The van der Waals surface area contributed by atoms with Crippen molar-refractivity contribution in [1.82, 2.24) is 0 Å². The molecule has 0 saturated heterocycles. The lowest BCUT2D eigenvalue weighted by atomic mass is 10.1. The van der Waals surface area contributed by atoms with Crippen LogP contribution in [0, 0.1) is 10.1 Å². The fourth-order valence-electron chi connectivity index (χ4n) is 2.01. The van der Waals surface area contributed by atoms with Gasteiger partial charge in [0.2, 0.25) is 5.78 Å². The maximum Gasteiger partial charge on any atom is 0.372 e. The van der Waals surface area contributed by atoms with Gasteiger partial charge in [0.15, 0.2) is 0 Å². The molecular formula is C16H13NO5S. The van der Waals surface area contributed by atoms with Crippen LogP contribution in [0.2, 0.25) is 0 Å². The molecule has 0 aromatic heterocycles. The summed E-state index contributed by atoms with van der Waals surface area (Å²) in [5, 5.41) is 19.9. The van der Waals surface area contributed by atoms with E-state index in [0.29, 0.717) is 10.6 Å². The molecule has 23 heavy (non-hydrogen) atoms. The van der Waals surface area contributed by atoms with Crippen molar-refractivity contribution in [2.75, 3.05) is 0 Å². The topological polar surface area (TPSA) is 97.5 Å². The first-order valence-electron chi connectivity index (χ1n) is 6.68. The van der Waals surface area contributed by atoms with Gasteiger partial charge in [0, 0.05) is 16.7 Å². The van der Waals surface area contributed by atoms with Crippen LogP contribution in [0.15, 0.2) is 53.4 Å². The SMILES string of the molecule is O=C(O)C(=O)Cc1c(SCc2ccccc2)cccc1[N+](=O)[O-]. The van der Waals surface area contributed by atoms with Gasteiger partial charge in [0.25, 0.3) is 5.69 Å². The lowest BCUT2D eigenvalue weighted by Crippen LogP contribution is -2.16. The first-order valence-corrected chi connectivity index (χ1v) is 7.66. The standard InChI is InChI=1S/C16H13NO5S/c18-14(16(19)20)9-12-13(17(21)22)7-4-8-15(12)23-10-11-5-2-1-3-6-11/h1-8H,9-10H2,(H,19,20). The highest BCUT2D eigenvalue weighted by atomic mass is 32.2.